The minimum atomic E-state index is -0.590. The molecule has 0 atom stereocenters. The second-order valence-electron chi connectivity index (χ2n) is 29.9. The average Bonchev–Trinajstić information content (AvgIpc) is 3.25. The lowest BCUT2D eigenvalue weighted by atomic mass is 9.78. The summed E-state index contributed by atoms with van der Waals surface area (Å²) >= 11 is 0. The Bertz CT molecular complexity index is 2420. The molecule has 0 unspecified atom stereocenters. The minimum Gasteiger partial charge on any atom is -0.507 e. The van der Waals surface area contributed by atoms with Crippen LogP contribution < -0.4 is 14.7 Å². The lowest BCUT2D eigenvalue weighted by molar-refractivity contribution is 0.220. The van der Waals surface area contributed by atoms with E-state index >= 15 is 0 Å². The molecule has 0 aliphatic heterocycles. The monoisotopic (exact) mass is 1060 g/mol. The number of aromatic nitrogens is 3. The van der Waals surface area contributed by atoms with Crippen LogP contribution in [0.3, 0.4) is 0 Å². The fourth-order valence-corrected chi connectivity index (χ4v) is 9.93. The second-order valence-corrected chi connectivity index (χ2v) is 29.9. The first kappa shape index (κ1) is 62.3. The SMILES string of the molecule is CC(C)(C)c1cc(CN(Cc2cc(C(C)(C)C)c(O)c(C(C)(C)C)c2)c2nc(N(CO)CO)nc(N(Cc3cc(C(C)(C)C)c(O)c(C(C)(C)C)c3)Cc3cc(C(C)(C)C)c(O)c(C(C)(C)C)c3)n2)cc(C(C)(C)C)c1O. The van der Waals surface area contributed by atoms with Crippen molar-refractivity contribution in [2.45, 2.75) is 236 Å². The summed E-state index contributed by atoms with van der Waals surface area (Å²) in [6, 6.07) is 16.5. The number of rotatable bonds is 13. The molecule has 0 saturated carbocycles. The van der Waals surface area contributed by atoms with E-state index in [9.17, 15) is 30.6 Å². The van der Waals surface area contributed by atoms with E-state index in [1.165, 1.54) is 4.90 Å². The van der Waals surface area contributed by atoms with Crippen LogP contribution in [0.5, 0.6) is 23.0 Å². The Balaban J connectivity index is 1.96. The third kappa shape index (κ3) is 14.6. The maximum atomic E-state index is 11.9. The van der Waals surface area contributed by atoms with Gasteiger partial charge in [-0.3, -0.25) is 4.90 Å². The van der Waals surface area contributed by atoms with Crippen LogP contribution in [0.2, 0.25) is 0 Å². The molecule has 0 fully saturated rings. The summed E-state index contributed by atoms with van der Waals surface area (Å²) in [5.74, 6) is 1.64. The highest BCUT2D eigenvalue weighted by Crippen LogP contribution is 2.45. The van der Waals surface area contributed by atoms with E-state index in [-0.39, 0.29) is 67.0 Å². The first-order chi connectivity index (χ1) is 34.8. The average molecular weight is 1060 g/mol. The first-order valence-electron chi connectivity index (χ1n) is 27.5. The van der Waals surface area contributed by atoms with Crippen LogP contribution >= 0.6 is 0 Å². The van der Waals surface area contributed by atoms with Crippen molar-refractivity contribution in [2.75, 3.05) is 28.2 Å². The van der Waals surface area contributed by atoms with Gasteiger partial charge in [0.1, 0.15) is 36.5 Å². The molecule has 12 heteroatoms. The van der Waals surface area contributed by atoms with Gasteiger partial charge in [0.15, 0.2) is 0 Å². The largest absolute Gasteiger partial charge is 0.507 e. The summed E-state index contributed by atoms with van der Waals surface area (Å²) in [7, 11) is 0. The highest BCUT2D eigenvalue weighted by molar-refractivity contribution is 5.57. The van der Waals surface area contributed by atoms with Crippen LogP contribution in [0.4, 0.5) is 17.8 Å². The van der Waals surface area contributed by atoms with E-state index in [2.05, 4.69) is 225 Å². The molecule has 6 N–H and O–H groups in total. The van der Waals surface area contributed by atoms with Gasteiger partial charge in [-0.25, -0.2) is 0 Å². The Morgan fingerprint density at radius 3 is 0.545 bits per heavy atom. The van der Waals surface area contributed by atoms with Crippen LogP contribution in [0.15, 0.2) is 48.5 Å². The predicted molar refractivity (Wildman–Crippen MR) is 318 cm³/mol. The van der Waals surface area contributed by atoms with Crippen molar-refractivity contribution < 1.29 is 30.6 Å². The van der Waals surface area contributed by atoms with Crippen molar-refractivity contribution in [3.63, 3.8) is 0 Å². The maximum absolute atomic E-state index is 11.9. The van der Waals surface area contributed by atoms with Gasteiger partial charge in [0.25, 0.3) is 0 Å². The van der Waals surface area contributed by atoms with Gasteiger partial charge < -0.3 is 40.4 Å². The number of aromatic hydroxyl groups is 4. The minimum absolute atomic E-state index is 0.0471. The van der Waals surface area contributed by atoms with Gasteiger partial charge in [-0.2, -0.15) is 15.0 Å². The molecule has 0 spiro atoms. The molecule has 0 radical (unpaired) electrons. The summed E-state index contributed by atoms with van der Waals surface area (Å²) in [6.07, 6.45) is 0. The molecule has 1 heterocycles. The molecular formula is C65H98N6O6. The van der Waals surface area contributed by atoms with Gasteiger partial charge in [-0.05, 0) is 159 Å². The van der Waals surface area contributed by atoms with Crippen molar-refractivity contribution in [1.82, 2.24) is 15.0 Å². The molecule has 1 aromatic heterocycles. The third-order valence-corrected chi connectivity index (χ3v) is 14.4. The van der Waals surface area contributed by atoms with Gasteiger partial charge >= 0.3 is 0 Å². The quantitative estimate of drug-likeness (QED) is 0.0618. The highest BCUT2D eigenvalue weighted by atomic mass is 16.3. The van der Waals surface area contributed by atoms with Crippen molar-refractivity contribution in [2.24, 2.45) is 0 Å². The van der Waals surface area contributed by atoms with E-state index < -0.39 is 56.8 Å². The maximum Gasteiger partial charge on any atom is 0.235 e. The van der Waals surface area contributed by atoms with Gasteiger partial charge in [0.05, 0.1) is 0 Å². The van der Waals surface area contributed by atoms with Crippen molar-refractivity contribution in [3.05, 3.63) is 115 Å². The zero-order valence-electron chi connectivity index (χ0n) is 51.7. The van der Waals surface area contributed by atoms with E-state index in [1.54, 1.807) is 0 Å². The number of benzene rings is 4. The molecule has 5 rings (SSSR count). The number of phenolic OH excluding ortho intramolecular Hbond substituents is 4. The van der Waals surface area contributed by atoms with E-state index in [0.717, 1.165) is 66.8 Å². The number of phenols is 4. The Kier molecular flexibility index (Phi) is 17.4. The molecule has 77 heavy (non-hydrogen) atoms. The van der Waals surface area contributed by atoms with Crippen LogP contribution in [-0.4, -0.2) is 59.1 Å². The highest BCUT2D eigenvalue weighted by Gasteiger charge is 2.33. The van der Waals surface area contributed by atoms with Crippen molar-refractivity contribution in [1.29, 1.82) is 0 Å². The fraction of sp³-hybridized carbons (Fsp3) is 0.585. The molecule has 0 amide bonds. The second kappa shape index (κ2) is 21.6. The third-order valence-electron chi connectivity index (χ3n) is 14.4. The normalized spacial score (nSPS) is 13.3. The zero-order valence-corrected chi connectivity index (χ0v) is 51.7. The first-order valence-corrected chi connectivity index (χ1v) is 27.5. The number of anilines is 3. The Hall–Kier alpha value is -5.59. The molecular weight excluding hydrogens is 961 g/mol. The van der Waals surface area contributed by atoms with Crippen molar-refractivity contribution in [3.8, 4) is 23.0 Å². The zero-order chi connectivity index (χ0) is 58.7. The van der Waals surface area contributed by atoms with Crippen molar-refractivity contribution >= 4 is 17.8 Å². The molecule has 424 valence electrons. The molecule has 4 aromatic carbocycles. The Morgan fingerprint density at radius 2 is 0.416 bits per heavy atom. The summed E-state index contributed by atoms with van der Waals surface area (Å²) < 4.78 is 0. The summed E-state index contributed by atoms with van der Waals surface area (Å²) in [4.78, 5) is 21.1. The van der Waals surface area contributed by atoms with Crippen LogP contribution in [0, 0.1) is 0 Å². The number of aliphatic hydroxyl groups is 2. The number of hydrogen-bond donors (Lipinski definition) is 6. The molecule has 0 saturated heterocycles. The fourth-order valence-electron chi connectivity index (χ4n) is 9.93. The molecule has 5 aromatic rings. The number of nitrogens with zero attached hydrogens (tertiary/aromatic N) is 6. The molecule has 12 nitrogen and oxygen atoms in total. The van der Waals surface area contributed by atoms with Gasteiger partial charge in [0, 0.05) is 26.2 Å². The van der Waals surface area contributed by atoms with E-state index in [4.69, 9.17) is 15.0 Å². The van der Waals surface area contributed by atoms with E-state index in [1.807, 2.05) is 0 Å². The number of aliphatic hydroxyl groups excluding tert-OH is 2. The topological polar surface area (TPSA) is 170 Å². The summed E-state index contributed by atoms with van der Waals surface area (Å²) in [5, 5.41) is 69.4. The summed E-state index contributed by atoms with van der Waals surface area (Å²) in [6.45, 7) is 50.2. The summed E-state index contributed by atoms with van der Waals surface area (Å²) in [5.41, 5.74) is 6.78. The number of hydrogen-bond acceptors (Lipinski definition) is 12. The predicted octanol–water partition coefficient (Wildman–Crippen LogP) is 14.2. The molecule has 0 bridgehead atoms. The van der Waals surface area contributed by atoms with Crippen LogP contribution in [0.1, 0.15) is 233 Å². The Morgan fingerprint density at radius 1 is 0.273 bits per heavy atom. The lowest BCUT2D eigenvalue weighted by Gasteiger charge is -2.33. The Labute approximate surface area is 463 Å². The van der Waals surface area contributed by atoms with Crippen LogP contribution in [-0.2, 0) is 69.5 Å². The van der Waals surface area contributed by atoms with Gasteiger partial charge in [-0.15, -0.1) is 0 Å². The molecule has 0 aliphatic rings. The van der Waals surface area contributed by atoms with Gasteiger partial charge in [0.2, 0.25) is 17.8 Å². The van der Waals surface area contributed by atoms with Gasteiger partial charge in [-0.1, -0.05) is 166 Å². The standard InChI is InChI=1S/C65H98N6O6/c1-58(2,3)43-25-39(26-44(51(43)74)59(4,5)6)33-69(34-40-27-45(60(7,8)9)52(75)46(28-40)61(10,11)12)55-66-56(68-57(67-55)71(37-72)38-73)70(35-41-29-47(62(13,14)15)53(76)48(30-41)63(16,17)18)36-42-31-49(64(19,20)21)54(77)50(32-42)65(22,23)24/h25-32,72-77H,33-38H2,1-24H3. The van der Waals surface area contributed by atoms with Crippen LogP contribution in [0.25, 0.3) is 0 Å². The molecule has 0 aliphatic carbocycles. The lowest BCUT2D eigenvalue weighted by Crippen LogP contribution is -2.33. The van der Waals surface area contributed by atoms with E-state index in [0.29, 0.717) is 0 Å². The smallest absolute Gasteiger partial charge is 0.235 e.